The minimum Gasteiger partial charge on any atom is -0.452 e. The molecule has 8 heteroatoms. The number of carbonyl (C=O) groups excluding carboxylic acids is 3. The summed E-state index contributed by atoms with van der Waals surface area (Å²) in [5.74, 6) is -1.19. The minimum atomic E-state index is -0.626. The molecule has 8 nitrogen and oxygen atoms in total. The van der Waals surface area contributed by atoms with E-state index in [-0.39, 0.29) is 18.4 Å². The first-order valence-corrected chi connectivity index (χ1v) is 11.9. The summed E-state index contributed by atoms with van der Waals surface area (Å²) in [4.78, 5) is 39.1. The fraction of sp³-hybridized carbons (Fsp3) is 0.286. The number of ether oxygens (including phenoxy) is 1. The Morgan fingerprint density at radius 1 is 1.11 bits per heavy atom. The van der Waals surface area contributed by atoms with Gasteiger partial charge in [-0.25, -0.2) is 4.79 Å². The molecule has 2 heterocycles. The molecule has 1 unspecified atom stereocenters. The van der Waals surface area contributed by atoms with Gasteiger partial charge in [0.1, 0.15) is 0 Å². The Labute approximate surface area is 210 Å². The molecule has 1 aliphatic heterocycles. The van der Waals surface area contributed by atoms with E-state index in [0.29, 0.717) is 17.9 Å². The van der Waals surface area contributed by atoms with Gasteiger partial charge in [0, 0.05) is 29.8 Å². The fourth-order valence-corrected chi connectivity index (χ4v) is 4.34. The molecule has 0 aliphatic carbocycles. The third-order valence-corrected chi connectivity index (χ3v) is 6.24. The van der Waals surface area contributed by atoms with E-state index in [1.165, 1.54) is 16.5 Å². The van der Waals surface area contributed by atoms with Crippen molar-refractivity contribution in [1.29, 1.82) is 0 Å². The summed E-state index contributed by atoms with van der Waals surface area (Å²) < 4.78 is 7.16. The quantitative estimate of drug-likeness (QED) is 0.417. The van der Waals surface area contributed by atoms with E-state index in [2.05, 4.69) is 34.7 Å². The van der Waals surface area contributed by atoms with E-state index in [1.807, 2.05) is 25.5 Å². The maximum atomic E-state index is 13.0. The lowest BCUT2D eigenvalue weighted by Gasteiger charge is -2.27. The topological polar surface area (TPSA) is 93.5 Å². The van der Waals surface area contributed by atoms with Crippen LogP contribution in [0, 0.1) is 20.8 Å². The van der Waals surface area contributed by atoms with Gasteiger partial charge in [-0.1, -0.05) is 42.0 Å². The van der Waals surface area contributed by atoms with E-state index >= 15 is 0 Å². The summed E-state index contributed by atoms with van der Waals surface area (Å²) in [5, 5.41) is 7.42. The molecular weight excluding hydrogens is 456 g/mol. The third-order valence-electron chi connectivity index (χ3n) is 6.24. The Morgan fingerprint density at radius 2 is 1.83 bits per heavy atom. The SMILES string of the molecule is Cc1ccc(Cn2nc(C)c(/C=C/C(=O)OCC(=O)N3c4ccccc4NC(=O)CC3C)c2C)cc1. The Hall–Kier alpha value is -4.20. The van der Waals surface area contributed by atoms with Crippen molar-refractivity contribution >= 4 is 35.2 Å². The number of nitrogens with zero attached hydrogens (tertiary/aromatic N) is 3. The molecule has 0 bridgehead atoms. The monoisotopic (exact) mass is 486 g/mol. The Kier molecular flexibility index (Phi) is 7.33. The molecule has 36 heavy (non-hydrogen) atoms. The molecule has 1 aromatic heterocycles. The largest absolute Gasteiger partial charge is 0.452 e. The van der Waals surface area contributed by atoms with Crippen molar-refractivity contribution in [2.24, 2.45) is 0 Å². The molecule has 0 spiro atoms. The number of fused-ring (bicyclic) bond motifs is 1. The van der Waals surface area contributed by atoms with Gasteiger partial charge in [0.2, 0.25) is 5.91 Å². The predicted octanol–water partition coefficient (Wildman–Crippen LogP) is 4.18. The molecule has 1 N–H and O–H groups in total. The summed E-state index contributed by atoms with van der Waals surface area (Å²) in [6, 6.07) is 15.0. The van der Waals surface area contributed by atoms with Crippen LogP contribution in [0.2, 0.25) is 0 Å². The molecule has 0 radical (unpaired) electrons. The standard InChI is InChI=1S/C28H30N4O4/c1-18-9-11-22(12-10-18)16-31-21(4)23(20(3)30-31)13-14-28(35)36-17-27(34)32-19(2)15-26(33)29-24-7-5-6-8-25(24)32/h5-14,19H,15-17H2,1-4H3,(H,29,33)/b14-13+. The molecule has 0 saturated heterocycles. The second kappa shape index (κ2) is 10.6. The van der Waals surface area contributed by atoms with Crippen LogP contribution in [0.15, 0.2) is 54.6 Å². The molecule has 3 aromatic rings. The second-order valence-corrected chi connectivity index (χ2v) is 9.05. The van der Waals surface area contributed by atoms with Crippen LogP contribution in [0.25, 0.3) is 6.08 Å². The molecule has 1 aliphatic rings. The molecule has 2 amide bonds. The van der Waals surface area contributed by atoms with E-state index in [0.717, 1.165) is 22.5 Å². The Bertz CT molecular complexity index is 1320. The number of anilines is 2. The number of aromatic nitrogens is 2. The lowest BCUT2D eigenvalue weighted by Crippen LogP contribution is -2.41. The number of rotatable bonds is 6. The van der Waals surface area contributed by atoms with Gasteiger partial charge in [0.15, 0.2) is 6.61 Å². The van der Waals surface area contributed by atoms with Crippen molar-refractivity contribution in [2.75, 3.05) is 16.8 Å². The van der Waals surface area contributed by atoms with Gasteiger partial charge in [-0.05, 0) is 51.5 Å². The second-order valence-electron chi connectivity index (χ2n) is 9.05. The average Bonchev–Trinajstić information content (AvgIpc) is 3.02. The van der Waals surface area contributed by atoms with E-state index < -0.39 is 18.5 Å². The number of esters is 1. The molecule has 2 aromatic carbocycles. The highest BCUT2D eigenvalue weighted by atomic mass is 16.5. The summed E-state index contributed by atoms with van der Waals surface area (Å²) in [5.41, 5.74) is 6.05. The molecule has 0 saturated carbocycles. The lowest BCUT2D eigenvalue weighted by molar-refractivity contribution is -0.143. The van der Waals surface area contributed by atoms with Gasteiger partial charge < -0.3 is 15.0 Å². The first-order valence-electron chi connectivity index (χ1n) is 11.9. The van der Waals surface area contributed by atoms with Crippen molar-refractivity contribution in [3.05, 3.63) is 82.7 Å². The van der Waals surface area contributed by atoms with Crippen molar-refractivity contribution in [3.8, 4) is 0 Å². The highest BCUT2D eigenvalue weighted by Crippen LogP contribution is 2.31. The van der Waals surface area contributed by atoms with Gasteiger partial charge in [-0.2, -0.15) is 5.10 Å². The average molecular weight is 487 g/mol. The van der Waals surface area contributed by atoms with Gasteiger partial charge in [0.25, 0.3) is 5.91 Å². The zero-order valence-corrected chi connectivity index (χ0v) is 20.9. The van der Waals surface area contributed by atoms with Crippen LogP contribution in [0.3, 0.4) is 0 Å². The molecule has 186 valence electrons. The molecule has 4 rings (SSSR count). The smallest absolute Gasteiger partial charge is 0.331 e. The number of carbonyl (C=O) groups is 3. The van der Waals surface area contributed by atoms with Crippen molar-refractivity contribution in [2.45, 2.75) is 46.7 Å². The van der Waals surface area contributed by atoms with Crippen molar-refractivity contribution < 1.29 is 19.1 Å². The zero-order valence-electron chi connectivity index (χ0n) is 20.9. The number of para-hydroxylation sites is 2. The molecule has 0 fully saturated rings. The summed E-state index contributed by atoms with van der Waals surface area (Å²) in [7, 11) is 0. The highest BCUT2D eigenvalue weighted by Gasteiger charge is 2.29. The lowest BCUT2D eigenvalue weighted by atomic mass is 10.1. The van der Waals surface area contributed by atoms with Crippen LogP contribution >= 0.6 is 0 Å². The van der Waals surface area contributed by atoms with Crippen LogP contribution in [-0.2, 0) is 25.7 Å². The number of hydrogen-bond acceptors (Lipinski definition) is 5. The summed E-state index contributed by atoms with van der Waals surface area (Å²) >= 11 is 0. The number of benzene rings is 2. The minimum absolute atomic E-state index is 0.152. The number of amides is 2. The van der Waals surface area contributed by atoms with Crippen molar-refractivity contribution in [3.63, 3.8) is 0 Å². The Morgan fingerprint density at radius 3 is 2.58 bits per heavy atom. The highest BCUT2D eigenvalue weighted by molar-refractivity contribution is 6.05. The van der Waals surface area contributed by atoms with Gasteiger partial charge in [0.05, 0.1) is 23.6 Å². The van der Waals surface area contributed by atoms with Crippen LogP contribution in [-0.4, -0.2) is 40.2 Å². The first-order chi connectivity index (χ1) is 17.2. The van der Waals surface area contributed by atoms with Crippen LogP contribution < -0.4 is 10.2 Å². The number of hydrogen-bond donors (Lipinski definition) is 1. The maximum absolute atomic E-state index is 13.0. The van der Waals surface area contributed by atoms with Gasteiger partial charge in [-0.15, -0.1) is 0 Å². The summed E-state index contributed by atoms with van der Waals surface area (Å²) in [6.45, 7) is 7.89. The van der Waals surface area contributed by atoms with E-state index in [1.54, 1.807) is 37.3 Å². The molecule has 1 atom stereocenters. The van der Waals surface area contributed by atoms with Gasteiger partial charge >= 0.3 is 5.97 Å². The normalized spacial score (nSPS) is 15.4. The predicted molar refractivity (Wildman–Crippen MR) is 139 cm³/mol. The summed E-state index contributed by atoms with van der Waals surface area (Å²) in [6.07, 6.45) is 3.13. The van der Waals surface area contributed by atoms with Crippen LogP contribution in [0.4, 0.5) is 11.4 Å². The molecular formula is C28H30N4O4. The van der Waals surface area contributed by atoms with E-state index in [4.69, 9.17) is 4.74 Å². The Balaban J connectivity index is 1.41. The van der Waals surface area contributed by atoms with Gasteiger partial charge in [-0.3, -0.25) is 14.3 Å². The maximum Gasteiger partial charge on any atom is 0.331 e. The van der Waals surface area contributed by atoms with Crippen molar-refractivity contribution in [1.82, 2.24) is 9.78 Å². The number of aryl methyl sites for hydroxylation is 2. The number of nitrogens with one attached hydrogen (secondary N) is 1. The third kappa shape index (κ3) is 5.54. The van der Waals surface area contributed by atoms with Crippen LogP contribution in [0.1, 0.15) is 41.4 Å². The first kappa shape index (κ1) is 24.9. The van der Waals surface area contributed by atoms with Crippen LogP contribution in [0.5, 0.6) is 0 Å². The fourth-order valence-electron chi connectivity index (χ4n) is 4.34. The van der Waals surface area contributed by atoms with E-state index in [9.17, 15) is 14.4 Å². The zero-order chi connectivity index (χ0) is 25.8.